The molecule has 1 amide bonds. The maximum atomic E-state index is 11.2. The first-order chi connectivity index (χ1) is 8.54. The fourth-order valence-electron chi connectivity index (χ4n) is 1.16. The average molecular weight is 255 g/mol. The maximum Gasteiger partial charge on any atom is 0.411 e. The molecule has 0 saturated heterocycles. The number of nitrogens with one attached hydrogen (secondary N) is 1. The molecule has 0 atom stereocenters. The van der Waals surface area contributed by atoms with E-state index in [0.29, 0.717) is 0 Å². The molecule has 0 radical (unpaired) electrons. The van der Waals surface area contributed by atoms with Crippen LogP contribution in [-0.4, -0.2) is 42.6 Å². The quantitative estimate of drug-likeness (QED) is 0.684. The number of amides is 1. The molecule has 1 aromatic rings. The van der Waals surface area contributed by atoms with Crippen LogP contribution in [0.15, 0.2) is 18.2 Å². The number of carbonyl (C=O) groups is 2. The Morgan fingerprint density at radius 1 is 1.33 bits per heavy atom. The first-order valence-corrected chi connectivity index (χ1v) is 5.03. The highest BCUT2D eigenvalue weighted by molar-refractivity contribution is 5.92. The van der Waals surface area contributed by atoms with Crippen molar-refractivity contribution in [3.63, 3.8) is 0 Å². The van der Waals surface area contributed by atoms with Crippen molar-refractivity contribution in [2.75, 3.05) is 25.6 Å². The second-order valence-corrected chi connectivity index (χ2v) is 3.29. The number of aromatic carboxylic acids is 1. The van der Waals surface area contributed by atoms with Crippen molar-refractivity contribution < 1.29 is 29.3 Å². The fourth-order valence-corrected chi connectivity index (χ4v) is 1.16. The van der Waals surface area contributed by atoms with Crippen molar-refractivity contribution in [2.24, 2.45) is 0 Å². The van der Waals surface area contributed by atoms with Crippen molar-refractivity contribution >= 4 is 17.7 Å². The van der Waals surface area contributed by atoms with Crippen molar-refractivity contribution in [1.82, 2.24) is 0 Å². The standard InChI is InChI=1S/C11H13NO6/c1-17-4-5-18-11(16)12-7-2-3-8(10(14)15)9(13)6-7/h2-3,6,13H,4-5H2,1H3,(H,12,16)(H,14,15). The highest BCUT2D eigenvalue weighted by atomic mass is 16.6. The Morgan fingerprint density at radius 2 is 2.06 bits per heavy atom. The summed E-state index contributed by atoms with van der Waals surface area (Å²) in [5.41, 5.74) is -0.00628. The Kier molecular flexibility index (Phi) is 4.94. The van der Waals surface area contributed by atoms with Gasteiger partial charge in [0.05, 0.1) is 6.61 Å². The molecule has 3 N–H and O–H groups in total. The lowest BCUT2D eigenvalue weighted by Crippen LogP contribution is -2.16. The topological polar surface area (TPSA) is 105 Å². The summed E-state index contributed by atoms with van der Waals surface area (Å²) in [7, 11) is 1.48. The minimum Gasteiger partial charge on any atom is -0.507 e. The van der Waals surface area contributed by atoms with E-state index in [1.54, 1.807) is 0 Å². The van der Waals surface area contributed by atoms with Crippen LogP contribution in [0.4, 0.5) is 10.5 Å². The molecule has 0 spiro atoms. The third-order valence-corrected chi connectivity index (χ3v) is 2.00. The molecule has 1 aromatic carbocycles. The Balaban J connectivity index is 2.60. The van der Waals surface area contributed by atoms with Gasteiger partial charge in [-0.3, -0.25) is 5.32 Å². The molecule has 7 nitrogen and oxygen atoms in total. The van der Waals surface area contributed by atoms with Gasteiger partial charge < -0.3 is 19.7 Å². The van der Waals surface area contributed by atoms with Crippen LogP contribution < -0.4 is 5.32 Å². The molecule has 0 heterocycles. The molecule has 18 heavy (non-hydrogen) atoms. The van der Waals surface area contributed by atoms with E-state index >= 15 is 0 Å². The maximum absolute atomic E-state index is 11.2. The van der Waals surface area contributed by atoms with Gasteiger partial charge in [0.2, 0.25) is 0 Å². The number of carbonyl (C=O) groups excluding carboxylic acids is 1. The van der Waals surface area contributed by atoms with Crippen LogP contribution in [0.5, 0.6) is 5.75 Å². The Labute approximate surface area is 103 Å². The molecular weight excluding hydrogens is 242 g/mol. The molecule has 0 aliphatic rings. The van der Waals surface area contributed by atoms with Crippen LogP contribution >= 0.6 is 0 Å². The molecule has 0 aromatic heterocycles. The number of carboxylic acids is 1. The summed E-state index contributed by atoms with van der Waals surface area (Å²) in [6.45, 7) is 0.373. The molecule has 7 heteroatoms. The summed E-state index contributed by atoms with van der Waals surface area (Å²) < 4.78 is 9.42. The lowest BCUT2D eigenvalue weighted by atomic mass is 10.2. The number of hydrogen-bond donors (Lipinski definition) is 3. The third kappa shape index (κ3) is 3.95. The van der Waals surface area contributed by atoms with Gasteiger partial charge in [-0.05, 0) is 12.1 Å². The van der Waals surface area contributed by atoms with Crippen molar-refractivity contribution in [2.45, 2.75) is 0 Å². The van der Waals surface area contributed by atoms with Gasteiger partial charge in [0, 0.05) is 18.9 Å². The first-order valence-electron chi connectivity index (χ1n) is 5.03. The molecule has 0 bridgehead atoms. The van der Waals surface area contributed by atoms with E-state index in [9.17, 15) is 14.7 Å². The monoisotopic (exact) mass is 255 g/mol. The number of rotatable bonds is 5. The van der Waals surface area contributed by atoms with E-state index in [2.05, 4.69) is 5.32 Å². The largest absolute Gasteiger partial charge is 0.507 e. The van der Waals surface area contributed by atoms with E-state index in [4.69, 9.17) is 14.6 Å². The predicted molar refractivity (Wildman–Crippen MR) is 61.9 cm³/mol. The summed E-state index contributed by atoms with van der Waals surface area (Å²) >= 11 is 0. The second-order valence-electron chi connectivity index (χ2n) is 3.29. The van der Waals surface area contributed by atoms with Crippen LogP contribution in [0.25, 0.3) is 0 Å². The number of methoxy groups -OCH3 is 1. The number of hydrogen-bond acceptors (Lipinski definition) is 5. The Morgan fingerprint density at radius 3 is 2.61 bits per heavy atom. The van der Waals surface area contributed by atoms with Crippen molar-refractivity contribution in [3.8, 4) is 5.75 Å². The Hall–Kier alpha value is -2.28. The van der Waals surface area contributed by atoms with Crippen LogP contribution in [-0.2, 0) is 9.47 Å². The predicted octanol–water partition coefficient (Wildman–Crippen LogP) is 1.29. The fraction of sp³-hybridized carbons (Fsp3) is 0.273. The molecular formula is C11H13NO6. The molecule has 0 fully saturated rings. The van der Waals surface area contributed by atoms with Crippen LogP contribution in [0.1, 0.15) is 10.4 Å². The number of anilines is 1. The average Bonchev–Trinajstić information content (AvgIpc) is 2.28. The lowest BCUT2D eigenvalue weighted by molar-refractivity contribution is 0.0693. The Bertz CT molecular complexity index is 445. The van der Waals surface area contributed by atoms with Gasteiger partial charge in [0.1, 0.15) is 17.9 Å². The van der Waals surface area contributed by atoms with Gasteiger partial charge in [-0.2, -0.15) is 0 Å². The smallest absolute Gasteiger partial charge is 0.411 e. The first kappa shape index (κ1) is 13.8. The zero-order chi connectivity index (χ0) is 13.5. The molecule has 98 valence electrons. The number of benzene rings is 1. The van der Waals surface area contributed by atoms with E-state index in [0.717, 1.165) is 6.07 Å². The number of carboxylic acid groups (broad SMARTS) is 1. The summed E-state index contributed by atoms with van der Waals surface area (Å²) in [6, 6.07) is 3.66. The molecule has 0 unspecified atom stereocenters. The molecule has 0 aliphatic carbocycles. The summed E-state index contributed by atoms with van der Waals surface area (Å²) in [4.78, 5) is 21.9. The van der Waals surface area contributed by atoms with E-state index in [-0.39, 0.29) is 24.5 Å². The summed E-state index contributed by atoms with van der Waals surface area (Å²) in [6.07, 6.45) is -0.713. The molecule has 1 rings (SSSR count). The van der Waals surface area contributed by atoms with Gasteiger partial charge in [-0.25, -0.2) is 9.59 Å². The molecule has 0 aliphatic heterocycles. The van der Waals surface area contributed by atoms with Crippen LogP contribution in [0.3, 0.4) is 0 Å². The highest BCUT2D eigenvalue weighted by Crippen LogP contribution is 2.21. The van der Waals surface area contributed by atoms with Crippen LogP contribution in [0, 0.1) is 0 Å². The third-order valence-electron chi connectivity index (χ3n) is 2.00. The van der Waals surface area contributed by atoms with E-state index in [1.807, 2.05) is 0 Å². The summed E-state index contributed by atoms with van der Waals surface area (Å²) in [5.74, 6) is -1.68. The minimum absolute atomic E-state index is 0.0987. The minimum atomic E-state index is -1.25. The SMILES string of the molecule is COCCOC(=O)Nc1ccc(C(=O)O)c(O)c1. The number of phenols is 1. The van der Waals surface area contributed by atoms with Gasteiger partial charge >= 0.3 is 12.1 Å². The van der Waals surface area contributed by atoms with Gasteiger partial charge in [0.15, 0.2) is 0 Å². The summed E-state index contributed by atoms with van der Waals surface area (Å²) in [5, 5.41) is 20.4. The zero-order valence-corrected chi connectivity index (χ0v) is 9.67. The lowest BCUT2D eigenvalue weighted by Gasteiger charge is -2.07. The number of ether oxygens (including phenoxy) is 2. The molecule has 0 saturated carbocycles. The van der Waals surface area contributed by atoms with E-state index in [1.165, 1.54) is 19.2 Å². The number of aromatic hydroxyl groups is 1. The van der Waals surface area contributed by atoms with Crippen LogP contribution in [0.2, 0.25) is 0 Å². The highest BCUT2D eigenvalue weighted by Gasteiger charge is 2.11. The van der Waals surface area contributed by atoms with Gasteiger partial charge in [-0.1, -0.05) is 0 Å². The van der Waals surface area contributed by atoms with Gasteiger partial charge in [0.25, 0.3) is 0 Å². The van der Waals surface area contributed by atoms with Gasteiger partial charge in [-0.15, -0.1) is 0 Å². The van der Waals surface area contributed by atoms with Crippen molar-refractivity contribution in [3.05, 3.63) is 23.8 Å². The van der Waals surface area contributed by atoms with Crippen molar-refractivity contribution in [1.29, 1.82) is 0 Å². The van der Waals surface area contributed by atoms with E-state index < -0.39 is 17.8 Å². The zero-order valence-electron chi connectivity index (χ0n) is 9.67. The normalized spacial score (nSPS) is 9.83. The second kappa shape index (κ2) is 6.45.